The number of nitrogens with zero attached hydrogens (tertiary/aromatic N) is 2. The van der Waals surface area contributed by atoms with Gasteiger partial charge in [0.25, 0.3) is 0 Å². The number of benzene rings is 1. The number of anilines is 2. The fourth-order valence-electron chi connectivity index (χ4n) is 1.70. The molecule has 0 aliphatic carbocycles. The summed E-state index contributed by atoms with van der Waals surface area (Å²) in [5.74, 6) is 0.772. The van der Waals surface area contributed by atoms with E-state index >= 15 is 0 Å². The maximum Gasteiger partial charge on any atom is 0.231 e. The van der Waals surface area contributed by atoms with Crippen LogP contribution in [-0.4, -0.2) is 31.4 Å². The van der Waals surface area contributed by atoms with Gasteiger partial charge in [0, 0.05) is 11.6 Å². The number of aromatic nitrogens is 2. The van der Waals surface area contributed by atoms with Crippen molar-refractivity contribution in [1.29, 1.82) is 0 Å². The standard InChI is InChI=1S/C13H15ClN4O2S/c1-21(19,20)18-13-6-5-12(16-17-13)15-8-7-10-3-2-4-11(14)9-10/h2-6,9H,7-8H2,1H3,(H,15,16)(H,17,18). The topological polar surface area (TPSA) is 84.0 Å². The van der Waals surface area contributed by atoms with Gasteiger partial charge in [0.1, 0.15) is 5.82 Å². The van der Waals surface area contributed by atoms with E-state index in [0.29, 0.717) is 17.4 Å². The number of hydrogen-bond acceptors (Lipinski definition) is 5. The Hall–Kier alpha value is -1.86. The molecule has 0 aliphatic heterocycles. The van der Waals surface area contributed by atoms with Gasteiger partial charge < -0.3 is 5.32 Å². The third kappa shape index (κ3) is 5.57. The molecule has 1 aromatic heterocycles. The van der Waals surface area contributed by atoms with Gasteiger partial charge in [-0.05, 0) is 36.2 Å². The van der Waals surface area contributed by atoms with Crippen molar-refractivity contribution in [2.24, 2.45) is 0 Å². The molecule has 1 heterocycles. The lowest BCUT2D eigenvalue weighted by atomic mass is 10.1. The summed E-state index contributed by atoms with van der Waals surface area (Å²) in [6.07, 6.45) is 1.86. The second-order valence-electron chi connectivity index (χ2n) is 4.48. The van der Waals surface area contributed by atoms with E-state index in [1.807, 2.05) is 24.3 Å². The van der Waals surface area contributed by atoms with Crippen molar-refractivity contribution >= 4 is 33.3 Å². The van der Waals surface area contributed by atoms with Crippen LogP contribution < -0.4 is 10.0 Å². The highest BCUT2D eigenvalue weighted by Crippen LogP contribution is 2.12. The molecule has 0 atom stereocenters. The largest absolute Gasteiger partial charge is 0.368 e. The quantitative estimate of drug-likeness (QED) is 0.849. The van der Waals surface area contributed by atoms with Gasteiger partial charge in [0.05, 0.1) is 6.26 Å². The normalized spacial score (nSPS) is 11.1. The Kier molecular flexibility index (Phi) is 4.98. The van der Waals surface area contributed by atoms with Crippen LogP contribution in [0.3, 0.4) is 0 Å². The zero-order valence-corrected chi connectivity index (χ0v) is 12.9. The molecule has 1 aromatic carbocycles. The van der Waals surface area contributed by atoms with Crippen molar-refractivity contribution in [3.05, 3.63) is 47.0 Å². The predicted octanol–water partition coefficient (Wildman–Crippen LogP) is 2.16. The Labute approximate surface area is 128 Å². The highest BCUT2D eigenvalue weighted by Gasteiger charge is 2.03. The van der Waals surface area contributed by atoms with Gasteiger partial charge in [-0.25, -0.2) is 8.42 Å². The molecule has 0 radical (unpaired) electrons. The van der Waals surface area contributed by atoms with Gasteiger partial charge in [0.15, 0.2) is 5.82 Å². The molecule has 112 valence electrons. The van der Waals surface area contributed by atoms with Crippen LogP contribution in [0.15, 0.2) is 36.4 Å². The van der Waals surface area contributed by atoms with E-state index in [0.717, 1.165) is 18.2 Å². The van der Waals surface area contributed by atoms with Crippen LogP contribution in [0, 0.1) is 0 Å². The molecule has 0 bridgehead atoms. The zero-order valence-electron chi connectivity index (χ0n) is 11.4. The maximum absolute atomic E-state index is 11.0. The first-order chi connectivity index (χ1) is 9.92. The molecule has 21 heavy (non-hydrogen) atoms. The lowest BCUT2D eigenvalue weighted by Gasteiger charge is -2.06. The Balaban J connectivity index is 1.86. The minimum Gasteiger partial charge on any atom is -0.368 e. The fourth-order valence-corrected chi connectivity index (χ4v) is 2.40. The summed E-state index contributed by atoms with van der Waals surface area (Å²) in [5.41, 5.74) is 1.12. The van der Waals surface area contributed by atoms with E-state index < -0.39 is 10.0 Å². The first kappa shape index (κ1) is 15.5. The van der Waals surface area contributed by atoms with Gasteiger partial charge in [0.2, 0.25) is 10.0 Å². The molecule has 8 heteroatoms. The van der Waals surface area contributed by atoms with Crippen LogP contribution in [-0.2, 0) is 16.4 Å². The Morgan fingerprint density at radius 3 is 2.48 bits per heavy atom. The molecule has 0 unspecified atom stereocenters. The number of halogens is 1. The first-order valence-corrected chi connectivity index (χ1v) is 8.49. The highest BCUT2D eigenvalue weighted by atomic mass is 35.5. The number of hydrogen-bond donors (Lipinski definition) is 2. The lowest BCUT2D eigenvalue weighted by molar-refractivity contribution is 0.606. The second kappa shape index (κ2) is 6.73. The van der Waals surface area contributed by atoms with Crippen LogP contribution in [0.25, 0.3) is 0 Å². The molecule has 2 rings (SSSR count). The van der Waals surface area contributed by atoms with Crippen LogP contribution >= 0.6 is 11.6 Å². The van der Waals surface area contributed by atoms with Crippen LogP contribution in [0.2, 0.25) is 5.02 Å². The summed E-state index contributed by atoms with van der Waals surface area (Å²) >= 11 is 5.91. The molecule has 0 saturated carbocycles. The van der Waals surface area contributed by atoms with Crippen molar-refractivity contribution in [3.63, 3.8) is 0 Å². The molecular weight excluding hydrogens is 312 g/mol. The first-order valence-electron chi connectivity index (χ1n) is 6.22. The summed E-state index contributed by atoms with van der Waals surface area (Å²) in [4.78, 5) is 0. The van der Waals surface area contributed by atoms with Gasteiger partial charge in [-0.1, -0.05) is 23.7 Å². The smallest absolute Gasteiger partial charge is 0.231 e. The van der Waals surface area contributed by atoms with Crippen molar-refractivity contribution < 1.29 is 8.42 Å². The monoisotopic (exact) mass is 326 g/mol. The SMILES string of the molecule is CS(=O)(=O)Nc1ccc(NCCc2cccc(Cl)c2)nn1. The third-order valence-electron chi connectivity index (χ3n) is 2.56. The molecule has 0 amide bonds. The number of nitrogens with one attached hydrogen (secondary N) is 2. The van der Waals surface area contributed by atoms with E-state index in [1.165, 1.54) is 0 Å². The van der Waals surface area contributed by atoms with E-state index in [2.05, 4.69) is 20.2 Å². The van der Waals surface area contributed by atoms with Crippen molar-refractivity contribution in [2.45, 2.75) is 6.42 Å². The number of sulfonamides is 1. The molecule has 0 spiro atoms. The second-order valence-corrected chi connectivity index (χ2v) is 6.67. The molecule has 0 aliphatic rings. The van der Waals surface area contributed by atoms with Gasteiger partial charge in [-0.3, -0.25) is 4.72 Å². The summed E-state index contributed by atoms with van der Waals surface area (Å²) in [6.45, 7) is 0.674. The average molecular weight is 327 g/mol. The van der Waals surface area contributed by atoms with Crippen LogP contribution in [0.5, 0.6) is 0 Å². The van der Waals surface area contributed by atoms with Gasteiger partial charge in [-0.15, -0.1) is 10.2 Å². The molecule has 0 fully saturated rings. The Bertz CT molecular complexity index is 704. The summed E-state index contributed by atoms with van der Waals surface area (Å²) in [6, 6.07) is 10.9. The van der Waals surface area contributed by atoms with E-state index in [4.69, 9.17) is 11.6 Å². The van der Waals surface area contributed by atoms with E-state index in [9.17, 15) is 8.42 Å². The minimum absolute atomic E-state index is 0.192. The molecular formula is C13H15ClN4O2S. The molecule has 0 saturated heterocycles. The Morgan fingerprint density at radius 1 is 1.14 bits per heavy atom. The van der Waals surface area contributed by atoms with Crippen molar-refractivity contribution in [3.8, 4) is 0 Å². The number of rotatable bonds is 6. The fraction of sp³-hybridized carbons (Fsp3) is 0.231. The minimum atomic E-state index is -3.33. The Morgan fingerprint density at radius 2 is 1.86 bits per heavy atom. The summed E-state index contributed by atoms with van der Waals surface area (Å²) in [7, 11) is -3.33. The molecule has 2 N–H and O–H groups in total. The maximum atomic E-state index is 11.0. The zero-order chi connectivity index (χ0) is 15.3. The van der Waals surface area contributed by atoms with Crippen molar-refractivity contribution in [1.82, 2.24) is 10.2 Å². The van der Waals surface area contributed by atoms with E-state index in [1.54, 1.807) is 12.1 Å². The average Bonchev–Trinajstić information content (AvgIpc) is 2.39. The lowest BCUT2D eigenvalue weighted by Crippen LogP contribution is -2.12. The third-order valence-corrected chi connectivity index (χ3v) is 3.38. The summed E-state index contributed by atoms with van der Waals surface area (Å²) < 4.78 is 24.3. The van der Waals surface area contributed by atoms with Crippen LogP contribution in [0.4, 0.5) is 11.6 Å². The summed E-state index contributed by atoms with van der Waals surface area (Å²) in [5, 5.41) is 11.5. The van der Waals surface area contributed by atoms with Crippen molar-refractivity contribution in [2.75, 3.05) is 22.8 Å². The van der Waals surface area contributed by atoms with Gasteiger partial charge >= 0.3 is 0 Å². The molecule has 6 nitrogen and oxygen atoms in total. The van der Waals surface area contributed by atoms with E-state index in [-0.39, 0.29) is 5.82 Å². The highest BCUT2D eigenvalue weighted by molar-refractivity contribution is 7.92. The van der Waals surface area contributed by atoms with Gasteiger partial charge in [-0.2, -0.15) is 0 Å². The van der Waals surface area contributed by atoms with Crippen LogP contribution in [0.1, 0.15) is 5.56 Å². The molecule has 2 aromatic rings. The predicted molar refractivity (Wildman–Crippen MR) is 84.1 cm³/mol.